The number of hydrogen-bond acceptors (Lipinski definition) is 5. The van der Waals surface area contributed by atoms with E-state index in [1.165, 1.54) is 40.9 Å². The number of hydrogen-bond donors (Lipinski definition) is 1. The van der Waals surface area contributed by atoms with Crippen molar-refractivity contribution in [2.45, 2.75) is 37.5 Å². The largest absolute Gasteiger partial charge is 0.349 e. The van der Waals surface area contributed by atoms with Gasteiger partial charge in [0.25, 0.3) is 0 Å². The van der Waals surface area contributed by atoms with E-state index < -0.39 is 17.4 Å². The zero-order valence-electron chi connectivity index (χ0n) is 21.8. The summed E-state index contributed by atoms with van der Waals surface area (Å²) in [5.74, 6) is -0.425. The van der Waals surface area contributed by atoms with Crippen molar-refractivity contribution in [2.24, 2.45) is 7.05 Å². The fourth-order valence-corrected chi connectivity index (χ4v) is 4.78. The molecule has 38 heavy (non-hydrogen) atoms. The normalized spacial score (nSPS) is 12.1. The maximum atomic E-state index is 13.8. The Balaban J connectivity index is 1.67. The summed E-state index contributed by atoms with van der Waals surface area (Å²) < 4.78 is 15.6. The summed E-state index contributed by atoms with van der Waals surface area (Å²) in [6, 6.07) is 23.4. The number of anilines is 1. The third-order valence-electron chi connectivity index (χ3n) is 5.69. The van der Waals surface area contributed by atoms with Crippen molar-refractivity contribution in [3.63, 3.8) is 0 Å². The first kappa shape index (κ1) is 27.1. The number of aromatic nitrogens is 3. The van der Waals surface area contributed by atoms with E-state index in [0.29, 0.717) is 22.2 Å². The molecule has 4 rings (SSSR count). The lowest BCUT2D eigenvalue weighted by Crippen LogP contribution is -2.50. The second-order valence-electron chi connectivity index (χ2n) is 9.81. The van der Waals surface area contributed by atoms with Crippen LogP contribution in [0.3, 0.4) is 0 Å². The Morgan fingerprint density at radius 1 is 0.947 bits per heavy atom. The molecular formula is C29H30FN5O2S. The summed E-state index contributed by atoms with van der Waals surface area (Å²) in [5, 5.41) is 12.1. The maximum Gasteiger partial charge on any atom is 0.248 e. The Morgan fingerprint density at radius 3 is 2.16 bits per heavy atom. The van der Waals surface area contributed by atoms with Crippen LogP contribution < -0.4 is 10.2 Å². The molecule has 0 fully saturated rings. The van der Waals surface area contributed by atoms with Crippen molar-refractivity contribution >= 4 is 29.3 Å². The molecule has 9 heteroatoms. The monoisotopic (exact) mass is 531 g/mol. The number of halogens is 1. The molecule has 0 radical (unpaired) electrons. The zero-order chi connectivity index (χ0) is 27.3. The van der Waals surface area contributed by atoms with Crippen molar-refractivity contribution < 1.29 is 14.0 Å². The van der Waals surface area contributed by atoms with Crippen LogP contribution in [0, 0.1) is 5.82 Å². The molecule has 196 valence electrons. The number of carbonyl (C=O) groups is 2. The van der Waals surface area contributed by atoms with Gasteiger partial charge in [-0.2, -0.15) is 0 Å². The highest BCUT2D eigenvalue weighted by atomic mass is 32.2. The van der Waals surface area contributed by atoms with E-state index in [9.17, 15) is 14.0 Å². The number of amides is 2. The van der Waals surface area contributed by atoms with Gasteiger partial charge in [-0.3, -0.25) is 14.5 Å². The van der Waals surface area contributed by atoms with Gasteiger partial charge in [-0.15, -0.1) is 10.2 Å². The van der Waals surface area contributed by atoms with Gasteiger partial charge < -0.3 is 9.88 Å². The summed E-state index contributed by atoms with van der Waals surface area (Å²) >= 11 is 1.23. The lowest BCUT2D eigenvalue weighted by molar-refractivity contribution is -0.127. The molecule has 0 aliphatic rings. The van der Waals surface area contributed by atoms with E-state index in [1.54, 1.807) is 12.1 Å². The van der Waals surface area contributed by atoms with Gasteiger partial charge in [-0.1, -0.05) is 72.4 Å². The van der Waals surface area contributed by atoms with Crippen LogP contribution in [0.4, 0.5) is 10.1 Å². The molecule has 0 spiro atoms. The summed E-state index contributed by atoms with van der Waals surface area (Å²) in [6.07, 6.45) is 0. The fraction of sp³-hybridized carbons (Fsp3) is 0.241. The molecule has 1 N–H and O–H groups in total. The molecule has 3 aromatic carbocycles. The smallest absolute Gasteiger partial charge is 0.248 e. The first-order chi connectivity index (χ1) is 18.1. The molecule has 2 amide bonds. The van der Waals surface area contributed by atoms with Crippen LogP contribution in [0.15, 0.2) is 90.1 Å². The molecule has 7 nitrogen and oxygen atoms in total. The molecule has 0 aliphatic carbocycles. The van der Waals surface area contributed by atoms with E-state index >= 15 is 0 Å². The van der Waals surface area contributed by atoms with E-state index in [2.05, 4.69) is 15.5 Å². The van der Waals surface area contributed by atoms with E-state index in [1.807, 2.05) is 80.9 Å². The molecule has 0 aliphatic heterocycles. The predicted octanol–water partition coefficient (Wildman–Crippen LogP) is 5.40. The Bertz CT molecular complexity index is 1390. The number of rotatable bonds is 8. The van der Waals surface area contributed by atoms with Crippen LogP contribution in [-0.4, -0.2) is 37.9 Å². The van der Waals surface area contributed by atoms with Gasteiger partial charge >= 0.3 is 0 Å². The van der Waals surface area contributed by atoms with Crippen LogP contribution in [0.2, 0.25) is 0 Å². The van der Waals surface area contributed by atoms with E-state index in [4.69, 9.17) is 0 Å². The molecule has 1 unspecified atom stereocenters. The summed E-state index contributed by atoms with van der Waals surface area (Å²) in [7, 11) is 1.84. The van der Waals surface area contributed by atoms with Gasteiger partial charge in [0.1, 0.15) is 11.9 Å². The first-order valence-electron chi connectivity index (χ1n) is 12.2. The van der Waals surface area contributed by atoms with Crippen LogP contribution in [0.5, 0.6) is 0 Å². The SMILES string of the molecule is Cn1c(SCC(=O)N(c2ccc(F)cc2)C(C(=O)NC(C)(C)C)c2ccccc2)nnc1-c1ccccc1. The van der Waals surface area contributed by atoms with Crippen molar-refractivity contribution in [3.05, 3.63) is 96.3 Å². The highest BCUT2D eigenvalue weighted by Crippen LogP contribution is 2.31. The number of nitrogens with one attached hydrogen (secondary N) is 1. The highest BCUT2D eigenvalue weighted by Gasteiger charge is 2.34. The minimum Gasteiger partial charge on any atom is -0.349 e. The maximum absolute atomic E-state index is 13.8. The molecular weight excluding hydrogens is 501 g/mol. The standard InChI is InChI=1S/C29H30FN5O2S/c1-29(2,3)31-27(37)25(20-11-7-5-8-12-20)35(23-17-15-22(30)16-18-23)24(36)19-38-28-33-32-26(34(28)4)21-13-9-6-10-14-21/h5-18,25H,19H2,1-4H3,(H,31,37). The second-order valence-corrected chi connectivity index (χ2v) is 10.8. The van der Waals surface area contributed by atoms with Crippen molar-refractivity contribution in [3.8, 4) is 11.4 Å². The van der Waals surface area contributed by atoms with Crippen LogP contribution in [0.1, 0.15) is 32.4 Å². The zero-order valence-corrected chi connectivity index (χ0v) is 22.6. The number of benzene rings is 3. The second kappa shape index (κ2) is 11.6. The first-order valence-corrected chi connectivity index (χ1v) is 13.1. The van der Waals surface area contributed by atoms with Gasteiger partial charge in [-0.25, -0.2) is 4.39 Å². The van der Waals surface area contributed by atoms with Crippen LogP contribution in [0.25, 0.3) is 11.4 Å². The minimum absolute atomic E-state index is 0.00965. The lowest BCUT2D eigenvalue weighted by Gasteiger charge is -2.33. The van der Waals surface area contributed by atoms with Gasteiger partial charge in [-0.05, 0) is 50.6 Å². The van der Waals surface area contributed by atoms with Crippen molar-refractivity contribution in [2.75, 3.05) is 10.7 Å². The number of thioether (sulfide) groups is 1. The Kier molecular flexibility index (Phi) is 8.26. The highest BCUT2D eigenvalue weighted by molar-refractivity contribution is 7.99. The van der Waals surface area contributed by atoms with Gasteiger partial charge in [0.05, 0.1) is 5.75 Å². The quantitative estimate of drug-likeness (QED) is 0.308. The molecule has 0 bridgehead atoms. The minimum atomic E-state index is -0.964. The number of nitrogens with zero attached hydrogens (tertiary/aromatic N) is 4. The topological polar surface area (TPSA) is 80.1 Å². The average molecular weight is 532 g/mol. The molecule has 4 aromatic rings. The van der Waals surface area contributed by atoms with Crippen LogP contribution in [-0.2, 0) is 16.6 Å². The Morgan fingerprint density at radius 2 is 1.55 bits per heavy atom. The number of carbonyl (C=O) groups excluding carboxylic acids is 2. The van der Waals surface area contributed by atoms with E-state index in [-0.39, 0.29) is 17.6 Å². The van der Waals surface area contributed by atoms with Crippen molar-refractivity contribution in [1.82, 2.24) is 20.1 Å². The molecule has 0 saturated carbocycles. The average Bonchev–Trinajstić information content (AvgIpc) is 3.26. The summed E-state index contributed by atoms with van der Waals surface area (Å²) in [5.41, 5.74) is 1.44. The third-order valence-corrected chi connectivity index (χ3v) is 6.69. The fourth-order valence-electron chi connectivity index (χ4n) is 4.00. The van der Waals surface area contributed by atoms with Gasteiger partial charge in [0.2, 0.25) is 11.8 Å². The summed E-state index contributed by atoms with van der Waals surface area (Å²) in [4.78, 5) is 28.9. The summed E-state index contributed by atoms with van der Waals surface area (Å²) in [6.45, 7) is 5.64. The Labute approximate surface area is 226 Å². The lowest BCUT2D eigenvalue weighted by atomic mass is 10.0. The van der Waals surface area contributed by atoms with E-state index in [0.717, 1.165) is 5.56 Å². The van der Waals surface area contributed by atoms with Gasteiger partial charge in [0.15, 0.2) is 11.0 Å². The molecule has 1 aromatic heterocycles. The molecule has 1 atom stereocenters. The molecule has 1 heterocycles. The molecule has 0 saturated heterocycles. The Hall–Kier alpha value is -3.98. The predicted molar refractivity (Wildman–Crippen MR) is 148 cm³/mol. The van der Waals surface area contributed by atoms with Crippen LogP contribution >= 0.6 is 11.8 Å². The van der Waals surface area contributed by atoms with Crippen molar-refractivity contribution in [1.29, 1.82) is 0 Å². The van der Waals surface area contributed by atoms with Gasteiger partial charge in [0, 0.05) is 23.8 Å². The third kappa shape index (κ3) is 6.47.